The summed E-state index contributed by atoms with van der Waals surface area (Å²) in [4.78, 5) is 17.3. The third-order valence-corrected chi connectivity index (χ3v) is 3.13. The van der Waals surface area contributed by atoms with E-state index in [-0.39, 0.29) is 11.7 Å². The van der Waals surface area contributed by atoms with Crippen molar-refractivity contribution in [3.8, 4) is 0 Å². The van der Waals surface area contributed by atoms with E-state index in [4.69, 9.17) is 4.42 Å². The Morgan fingerprint density at radius 3 is 3.00 bits per heavy atom. The monoisotopic (exact) mass is 264 g/mol. The molecule has 0 saturated carbocycles. The summed E-state index contributed by atoms with van der Waals surface area (Å²) in [7, 11) is 1.79. The number of aromatic nitrogens is 1. The van der Waals surface area contributed by atoms with E-state index in [9.17, 15) is 4.79 Å². The maximum absolute atomic E-state index is 11.4. The van der Waals surface area contributed by atoms with Gasteiger partial charge in [0, 0.05) is 20.5 Å². The predicted octanol–water partition coefficient (Wildman–Crippen LogP) is 2.07. The van der Waals surface area contributed by atoms with Crippen molar-refractivity contribution >= 4 is 29.6 Å². The number of oxazole rings is 1. The molecule has 5 heteroatoms. The third-order valence-electron chi connectivity index (χ3n) is 2.86. The lowest BCUT2D eigenvalue weighted by Crippen LogP contribution is -2.29. The minimum atomic E-state index is 0.0386. The minimum Gasteiger partial charge on any atom is -0.441 e. The molecule has 0 atom stereocenters. The van der Waals surface area contributed by atoms with E-state index in [1.165, 1.54) is 0 Å². The summed E-state index contributed by atoms with van der Waals surface area (Å²) < 4.78 is 5.42. The van der Waals surface area contributed by atoms with Gasteiger partial charge in [-0.3, -0.25) is 4.79 Å². The van der Waals surface area contributed by atoms with Crippen molar-refractivity contribution in [3.05, 3.63) is 29.7 Å². The summed E-state index contributed by atoms with van der Waals surface area (Å²) in [5.41, 5.74) is 2.82. The zero-order valence-electron chi connectivity index (χ0n) is 10.5. The highest BCUT2D eigenvalue weighted by molar-refractivity contribution is 7.81. The lowest BCUT2D eigenvalue weighted by Gasteiger charge is -2.15. The Balaban J connectivity index is 2.05. The largest absolute Gasteiger partial charge is 0.441 e. The normalized spacial score (nSPS) is 10.8. The zero-order valence-corrected chi connectivity index (χ0v) is 11.4. The maximum atomic E-state index is 11.4. The standard InChI is InChI=1S/C13H16N2O2S/c1-9-14-11-7-10(3-4-12(11)17-9)5-6-15(2)13(16)8-18/h3-4,7,18H,5-6,8H2,1-2H3. The first-order chi connectivity index (χ1) is 8.60. The fourth-order valence-corrected chi connectivity index (χ4v) is 2.03. The molecule has 2 rings (SSSR count). The number of nitrogens with zero attached hydrogens (tertiary/aromatic N) is 2. The molecule has 2 aromatic rings. The van der Waals surface area contributed by atoms with Gasteiger partial charge in [0.25, 0.3) is 0 Å². The zero-order chi connectivity index (χ0) is 13.1. The Hall–Kier alpha value is -1.49. The summed E-state index contributed by atoms with van der Waals surface area (Å²) in [6, 6.07) is 5.93. The Morgan fingerprint density at radius 1 is 1.50 bits per heavy atom. The maximum Gasteiger partial charge on any atom is 0.232 e. The number of likely N-dealkylation sites (N-methyl/N-ethyl adjacent to an activating group) is 1. The van der Waals surface area contributed by atoms with Crippen molar-refractivity contribution in [2.24, 2.45) is 0 Å². The molecule has 0 N–H and O–H groups in total. The second-order valence-electron chi connectivity index (χ2n) is 4.26. The molecular formula is C13H16N2O2S. The van der Waals surface area contributed by atoms with Crippen LogP contribution in [0.4, 0.5) is 0 Å². The van der Waals surface area contributed by atoms with E-state index in [1.807, 2.05) is 25.1 Å². The molecule has 0 unspecified atom stereocenters. The lowest BCUT2D eigenvalue weighted by molar-refractivity contribution is -0.127. The van der Waals surface area contributed by atoms with Crippen molar-refractivity contribution in [3.63, 3.8) is 0 Å². The highest BCUT2D eigenvalue weighted by Gasteiger charge is 2.07. The number of aryl methyl sites for hydroxylation is 1. The Morgan fingerprint density at radius 2 is 2.28 bits per heavy atom. The summed E-state index contributed by atoms with van der Waals surface area (Å²) in [6.07, 6.45) is 0.803. The van der Waals surface area contributed by atoms with E-state index in [0.29, 0.717) is 12.4 Å². The van der Waals surface area contributed by atoms with Crippen LogP contribution >= 0.6 is 12.6 Å². The van der Waals surface area contributed by atoms with Gasteiger partial charge in [-0.15, -0.1) is 0 Å². The smallest absolute Gasteiger partial charge is 0.232 e. The lowest BCUT2D eigenvalue weighted by atomic mass is 10.1. The Labute approximate surface area is 111 Å². The third kappa shape index (κ3) is 2.85. The number of carbonyl (C=O) groups excluding carboxylic acids is 1. The van der Waals surface area contributed by atoms with E-state index in [1.54, 1.807) is 11.9 Å². The van der Waals surface area contributed by atoms with Crippen LogP contribution in [0.25, 0.3) is 11.1 Å². The number of hydrogen-bond donors (Lipinski definition) is 1. The van der Waals surface area contributed by atoms with Gasteiger partial charge in [0.15, 0.2) is 11.5 Å². The number of hydrogen-bond acceptors (Lipinski definition) is 4. The van der Waals surface area contributed by atoms with Gasteiger partial charge in [-0.1, -0.05) is 6.07 Å². The molecule has 1 heterocycles. The van der Waals surface area contributed by atoms with Gasteiger partial charge in [-0.2, -0.15) is 12.6 Å². The van der Waals surface area contributed by atoms with E-state index in [0.717, 1.165) is 23.1 Å². The van der Waals surface area contributed by atoms with Gasteiger partial charge >= 0.3 is 0 Å². The summed E-state index contributed by atoms with van der Waals surface area (Å²) >= 11 is 3.97. The number of carbonyl (C=O) groups is 1. The molecule has 1 aromatic heterocycles. The molecule has 0 aliphatic carbocycles. The fourth-order valence-electron chi connectivity index (χ4n) is 1.79. The van der Waals surface area contributed by atoms with Gasteiger partial charge in [0.2, 0.25) is 5.91 Å². The van der Waals surface area contributed by atoms with Crippen LogP contribution in [-0.2, 0) is 11.2 Å². The number of thiol groups is 1. The first kappa shape index (κ1) is 13.0. The van der Waals surface area contributed by atoms with Crippen LogP contribution in [0.2, 0.25) is 0 Å². The van der Waals surface area contributed by atoms with Crippen LogP contribution in [0.15, 0.2) is 22.6 Å². The van der Waals surface area contributed by atoms with Crippen LogP contribution < -0.4 is 0 Å². The molecule has 96 valence electrons. The number of rotatable bonds is 4. The van der Waals surface area contributed by atoms with E-state index >= 15 is 0 Å². The highest BCUT2D eigenvalue weighted by atomic mass is 32.1. The van der Waals surface area contributed by atoms with Crippen LogP contribution in [0.3, 0.4) is 0 Å². The molecule has 0 aliphatic rings. The number of benzene rings is 1. The van der Waals surface area contributed by atoms with Crippen molar-refractivity contribution in [2.45, 2.75) is 13.3 Å². The second kappa shape index (κ2) is 5.44. The molecular weight excluding hydrogens is 248 g/mol. The second-order valence-corrected chi connectivity index (χ2v) is 4.57. The molecule has 0 fully saturated rings. The molecule has 0 spiro atoms. The van der Waals surface area contributed by atoms with Crippen molar-refractivity contribution in [1.29, 1.82) is 0 Å². The molecule has 1 aromatic carbocycles. The van der Waals surface area contributed by atoms with Crippen LogP contribution in [0.5, 0.6) is 0 Å². The molecule has 4 nitrogen and oxygen atoms in total. The summed E-state index contributed by atoms with van der Waals surface area (Å²) in [5.74, 6) is 0.957. The van der Waals surface area contributed by atoms with Gasteiger partial charge in [-0.05, 0) is 24.1 Å². The molecule has 0 saturated heterocycles. The van der Waals surface area contributed by atoms with E-state index < -0.39 is 0 Å². The van der Waals surface area contributed by atoms with Crippen LogP contribution in [0.1, 0.15) is 11.5 Å². The average molecular weight is 264 g/mol. The first-order valence-corrected chi connectivity index (χ1v) is 6.44. The van der Waals surface area contributed by atoms with Gasteiger partial charge in [-0.25, -0.2) is 4.98 Å². The average Bonchev–Trinajstić information content (AvgIpc) is 2.74. The van der Waals surface area contributed by atoms with Crippen molar-refractivity contribution < 1.29 is 9.21 Å². The molecule has 0 radical (unpaired) electrons. The number of fused-ring (bicyclic) bond motifs is 1. The first-order valence-electron chi connectivity index (χ1n) is 5.81. The van der Waals surface area contributed by atoms with Gasteiger partial charge in [0.1, 0.15) is 5.52 Å². The predicted molar refractivity (Wildman–Crippen MR) is 73.9 cm³/mol. The fraction of sp³-hybridized carbons (Fsp3) is 0.385. The quantitative estimate of drug-likeness (QED) is 0.860. The highest BCUT2D eigenvalue weighted by Crippen LogP contribution is 2.17. The van der Waals surface area contributed by atoms with E-state index in [2.05, 4.69) is 17.6 Å². The SMILES string of the molecule is Cc1nc2cc(CCN(C)C(=O)CS)ccc2o1. The van der Waals surface area contributed by atoms with Crippen LogP contribution in [0, 0.1) is 6.92 Å². The van der Waals surface area contributed by atoms with Gasteiger partial charge in [0.05, 0.1) is 5.75 Å². The summed E-state index contributed by atoms with van der Waals surface area (Å²) in [6.45, 7) is 2.51. The van der Waals surface area contributed by atoms with Crippen molar-refractivity contribution in [1.82, 2.24) is 9.88 Å². The van der Waals surface area contributed by atoms with Gasteiger partial charge < -0.3 is 9.32 Å². The Bertz CT molecular complexity index is 565. The van der Waals surface area contributed by atoms with Crippen LogP contribution in [-0.4, -0.2) is 35.1 Å². The number of amides is 1. The topological polar surface area (TPSA) is 46.3 Å². The molecule has 0 bridgehead atoms. The summed E-state index contributed by atoms with van der Waals surface area (Å²) in [5, 5.41) is 0. The Kier molecular flexibility index (Phi) is 3.91. The molecule has 18 heavy (non-hydrogen) atoms. The minimum absolute atomic E-state index is 0.0386. The molecule has 1 amide bonds. The van der Waals surface area contributed by atoms with Crippen molar-refractivity contribution in [2.75, 3.05) is 19.3 Å². The molecule has 0 aliphatic heterocycles.